The molecule has 0 spiro atoms. The minimum Gasteiger partial charge on any atom is -0.393 e. The number of nitrogens with zero attached hydrogens (tertiary/aromatic N) is 4. The molecule has 1 atom stereocenters. The number of H-pyrrole nitrogens is 1. The van der Waals surface area contributed by atoms with Crippen LogP contribution in [0.3, 0.4) is 0 Å². The largest absolute Gasteiger partial charge is 0.393 e. The van der Waals surface area contributed by atoms with E-state index >= 15 is 0 Å². The van der Waals surface area contributed by atoms with Crippen molar-refractivity contribution in [1.82, 2.24) is 24.0 Å². The summed E-state index contributed by atoms with van der Waals surface area (Å²) in [5.41, 5.74) is 0.0309. The molecule has 1 aliphatic heterocycles. The number of aromatic nitrogens is 4. The highest BCUT2D eigenvalue weighted by Gasteiger charge is 2.23. The van der Waals surface area contributed by atoms with E-state index < -0.39 is 0 Å². The minimum atomic E-state index is -0.377. The maximum absolute atomic E-state index is 12.2. The van der Waals surface area contributed by atoms with E-state index in [2.05, 4.69) is 14.9 Å². The zero-order valence-electron chi connectivity index (χ0n) is 13.7. The quantitative estimate of drug-likeness (QED) is 0.798. The van der Waals surface area contributed by atoms with E-state index in [1.165, 1.54) is 11.6 Å². The van der Waals surface area contributed by atoms with Crippen LogP contribution in [-0.2, 0) is 20.6 Å². The molecule has 0 saturated carbocycles. The highest BCUT2D eigenvalue weighted by molar-refractivity contribution is 5.69. The van der Waals surface area contributed by atoms with Crippen molar-refractivity contribution in [3.05, 3.63) is 26.7 Å². The van der Waals surface area contributed by atoms with E-state index in [9.17, 15) is 14.7 Å². The summed E-state index contributed by atoms with van der Waals surface area (Å²) in [6.07, 6.45) is 1.65. The van der Waals surface area contributed by atoms with Crippen LogP contribution in [0.25, 0.3) is 11.2 Å². The first-order chi connectivity index (χ1) is 10.9. The third kappa shape index (κ3) is 2.84. The summed E-state index contributed by atoms with van der Waals surface area (Å²) >= 11 is 0. The molecule has 23 heavy (non-hydrogen) atoms. The highest BCUT2D eigenvalue weighted by atomic mass is 16.3. The Morgan fingerprint density at radius 1 is 1.26 bits per heavy atom. The van der Waals surface area contributed by atoms with Crippen molar-refractivity contribution in [3.8, 4) is 0 Å². The van der Waals surface area contributed by atoms with Crippen LogP contribution in [0.15, 0.2) is 9.59 Å². The van der Waals surface area contributed by atoms with Crippen LogP contribution in [-0.4, -0.2) is 48.3 Å². The van der Waals surface area contributed by atoms with Gasteiger partial charge in [-0.3, -0.25) is 18.8 Å². The van der Waals surface area contributed by atoms with Gasteiger partial charge >= 0.3 is 5.69 Å². The number of piperidine rings is 1. The summed E-state index contributed by atoms with van der Waals surface area (Å²) in [6, 6.07) is 0. The van der Waals surface area contributed by atoms with Crippen molar-refractivity contribution in [2.24, 2.45) is 20.0 Å². The number of aromatic amines is 1. The van der Waals surface area contributed by atoms with Gasteiger partial charge in [-0.2, -0.15) is 0 Å². The second kappa shape index (κ2) is 5.93. The third-order valence-electron chi connectivity index (χ3n) is 4.83. The number of aliphatic hydroxyl groups is 1. The van der Waals surface area contributed by atoms with Gasteiger partial charge in [0.05, 0.1) is 12.6 Å². The molecule has 3 heterocycles. The molecule has 2 N–H and O–H groups in total. The summed E-state index contributed by atoms with van der Waals surface area (Å²) < 4.78 is 2.47. The second-order valence-electron chi connectivity index (χ2n) is 6.44. The van der Waals surface area contributed by atoms with Gasteiger partial charge in [0.25, 0.3) is 5.56 Å². The van der Waals surface area contributed by atoms with Gasteiger partial charge in [0.2, 0.25) is 0 Å². The monoisotopic (exact) mass is 321 g/mol. The normalized spacial score (nSPS) is 18.6. The molecule has 2 aromatic heterocycles. The fourth-order valence-corrected chi connectivity index (χ4v) is 3.25. The molecule has 0 amide bonds. The van der Waals surface area contributed by atoms with Crippen molar-refractivity contribution in [2.75, 3.05) is 13.1 Å². The Hall–Kier alpha value is -1.93. The standard InChI is InChI=1S/C15H23N5O3/c1-9(21)10-4-6-20(7-5-10)8-11-16-12-13(17-11)18(2)15(23)19(3)14(12)22/h9-10,21H,4-8H2,1-3H3,(H,16,17). The van der Waals surface area contributed by atoms with E-state index in [4.69, 9.17) is 0 Å². The number of nitrogens with one attached hydrogen (secondary N) is 1. The van der Waals surface area contributed by atoms with Crippen molar-refractivity contribution in [3.63, 3.8) is 0 Å². The van der Waals surface area contributed by atoms with Gasteiger partial charge in [0.15, 0.2) is 5.65 Å². The van der Waals surface area contributed by atoms with E-state index in [1.54, 1.807) is 7.05 Å². The zero-order chi connectivity index (χ0) is 16.7. The van der Waals surface area contributed by atoms with Gasteiger partial charge in [0.1, 0.15) is 11.3 Å². The SMILES string of the molecule is CC(O)C1CCN(Cc2nc3c([nH]2)c(=O)n(C)c(=O)n3C)CC1. The van der Waals surface area contributed by atoms with Gasteiger partial charge < -0.3 is 10.1 Å². The van der Waals surface area contributed by atoms with Crippen LogP contribution < -0.4 is 11.2 Å². The first kappa shape index (κ1) is 15.9. The first-order valence-corrected chi connectivity index (χ1v) is 7.93. The van der Waals surface area contributed by atoms with Gasteiger partial charge in [-0.1, -0.05) is 0 Å². The number of aryl methyl sites for hydroxylation is 1. The summed E-state index contributed by atoms with van der Waals surface area (Å²) in [4.78, 5) is 33.8. The number of aliphatic hydroxyl groups excluding tert-OH is 1. The van der Waals surface area contributed by atoms with Crippen LogP contribution >= 0.6 is 0 Å². The molecule has 0 radical (unpaired) electrons. The molecule has 0 aromatic carbocycles. The molecular formula is C15H23N5O3. The third-order valence-corrected chi connectivity index (χ3v) is 4.83. The van der Waals surface area contributed by atoms with E-state index in [0.717, 1.165) is 30.5 Å². The minimum absolute atomic E-state index is 0.263. The smallest absolute Gasteiger partial charge is 0.332 e. The van der Waals surface area contributed by atoms with Crippen LogP contribution in [0, 0.1) is 5.92 Å². The average Bonchev–Trinajstić information content (AvgIpc) is 2.95. The van der Waals surface area contributed by atoms with Crippen molar-refractivity contribution >= 4 is 11.2 Å². The fraction of sp³-hybridized carbons (Fsp3) is 0.667. The number of likely N-dealkylation sites (tertiary alicyclic amines) is 1. The topological polar surface area (TPSA) is 96.2 Å². The molecule has 3 rings (SSSR count). The molecule has 8 heteroatoms. The zero-order valence-corrected chi connectivity index (χ0v) is 13.7. The Morgan fingerprint density at radius 3 is 2.52 bits per heavy atom. The van der Waals surface area contributed by atoms with Crippen molar-refractivity contribution in [2.45, 2.75) is 32.4 Å². The van der Waals surface area contributed by atoms with Gasteiger partial charge in [-0.05, 0) is 38.8 Å². The molecule has 1 saturated heterocycles. The number of rotatable bonds is 3. The molecule has 1 aliphatic rings. The maximum Gasteiger partial charge on any atom is 0.332 e. The van der Waals surface area contributed by atoms with Crippen LogP contribution in [0.5, 0.6) is 0 Å². The first-order valence-electron chi connectivity index (χ1n) is 7.93. The predicted octanol–water partition coefficient (Wildman–Crippen LogP) is -0.447. The Kier molecular flexibility index (Phi) is 4.11. The summed E-state index contributed by atoms with van der Waals surface area (Å²) in [7, 11) is 3.08. The Labute approximate surface area is 133 Å². The molecule has 1 fully saturated rings. The van der Waals surface area contributed by atoms with Gasteiger partial charge in [-0.15, -0.1) is 0 Å². The number of hydrogen-bond donors (Lipinski definition) is 2. The van der Waals surface area contributed by atoms with Crippen molar-refractivity contribution in [1.29, 1.82) is 0 Å². The van der Waals surface area contributed by atoms with Crippen LogP contribution in [0.1, 0.15) is 25.6 Å². The fourth-order valence-electron chi connectivity index (χ4n) is 3.25. The van der Waals surface area contributed by atoms with E-state index in [0.29, 0.717) is 29.5 Å². The van der Waals surface area contributed by atoms with Crippen LogP contribution in [0.2, 0.25) is 0 Å². The lowest BCUT2D eigenvalue weighted by Gasteiger charge is -2.32. The van der Waals surface area contributed by atoms with E-state index in [-0.39, 0.29) is 17.4 Å². The second-order valence-corrected chi connectivity index (χ2v) is 6.44. The maximum atomic E-state index is 12.2. The number of fused-ring (bicyclic) bond motifs is 1. The molecule has 8 nitrogen and oxygen atoms in total. The van der Waals surface area contributed by atoms with E-state index in [1.807, 2.05) is 6.92 Å². The molecule has 1 unspecified atom stereocenters. The van der Waals surface area contributed by atoms with Crippen LogP contribution in [0.4, 0.5) is 0 Å². The number of imidazole rings is 1. The molecule has 2 aromatic rings. The lowest BCUT2D eigenvalue weighted by Crippen LogP contribution is -2.36. The summed E-state index contributed by atoms with van der Waals surface area (Å²) in [5.74, 6) is 1.05. The molecular weight excluding hydrogens is 298 g/mol. The molecule has 0 aliphatic carbocycles. The molecule has 126 valence electrons. The predicted molar refractivity (Wildman–Crippen MR) is 86.3 cm³/mol. The Balaban J connectivity index is 1.83. The summed E-state index contributed by atoms with van der Waals surface area (Å²) in [5, 5.41) is 9.66. The highest BCUT2D eigenvalue weighted by Crippen LogP contribution is 2.21. The average molecular weight is 321 g/mol. The lowest BCUT2D eigenvalue weighted by molar-refractivity contribution is 0.0688. The van der Waals surface area contributed by atoms with Gasteiger partial charge in [-0.25, -0.2) is 9.78 Å². The Bertz CT molecular complexity index is 824. The summed E-state index contributed by atoms with van der Waals surface area (Å²) in [6.45, 7) is 4.24. The van der Waals surface area contributed by atoms with Gasteiger partial charge in [0, 0.05) is 14.1 Å². The Morgan fingerprint density at radius 2 is 1.91 bits per heavy atom. The lowest BCUT2D eigenvalue weighted by atomic mass is 9.92. The number of hydrogen-bond acceptors (Lipinski definition) is 5. The molecule has 0 bridgehead atoms. The van der Waals surface area contributed by atoms with Crippen molar-refractivity contribution < 1.29 is 5.11 Å².